The fourth-order valence-electron chi connectivity index (χ4n) is 2.36. The maximum atomic E-state index is 10.3. The second-order valence-electron chi connectivity index (χ2n) is 5.96. The topological polar surface area (TPSA) is 82.0 Å². The van der Waals surface area contributed by atoms with Gasteiger partial charge in [-0.1, -0.05) is 30.3 Å². The van der Waals surface area contributed by atoms with Crippen molar-refractivity contribution < 1.29 is 20.1 Å². The van der Waals surface area contributed by atoms with E-state index >= 15 is 0 Å². The predicted octanol–water partition coefficient (Wildman–Crippen LogP) is 2.15. The van der Waals surface area contributed by atoms with Gasteiger partial charge in [-0.3, -0.25) is 0 Å². The number of aromatic hydroxyl groups is 1. The molecule has 0 spiro atoms. The molecule has 2 rings (SSSR count). The average Bonchev–Trinajstić information content (AvgIpc) is 2.59. The zero-order valence-corrected chi connectivity index (χ0v) is 14.0. The summed E-state index contributed by atoms with van der Waals surface area (Å²) in [5, 5.41) is 32.7. The Morgan fingerprint density at radius 3 is 2.38 bits per heavy atom. The summed E-state index contributed by atoms with van der Waals surface area (Å²) in [6.45, 7) is 4.28. The number of benzene rings is 2. The van der Waals surface area contributed by atoms with Crippen LogP contribution in [0.4, 0.5) is 0 Å². The zero-order valence-electron chi connectivity index (χ0n) is 14.0. The number of hydrogen-bond acceptors (Lipinski definition) is 5. The highest BCUT2D eigenvalue weighted by Crippen LogP contribution is 2.20. The van der Waals surface area contributed by atoms with Gasteiger partial charge >= 0.3 is 0 Å². The van der Waals surface area contributed by atoms with Crippen molar-refractivity contribution in [2.24, 2.45) is 0 Å². The summed E-state index contributed by atoms with van der Waals surface area (Å²) < 4.78 is 5.61. The molecular weight excluding hydrogens is 306 g/mol. The number of ether oxygens (including phenoxy) is 1. The van der Waals surface area contributed by atoms with Gasteiger partial charge in [0.05, 0.1) is 6.10 Å². The first-order chi connectivity index (χ1) is 11.5. The highest BCUT2D eigenvalue weighted by atomic mass is 16.5. The summed E-state index contributed by atoms with van der Waals surface area (Å²) in [6, 6.07) is 13.8. The van der Waals surface area contributed by atoms with Gasteiger partial charge in [0.15, 0.2) is 0 Å². The minimum atomic E-state index is -0.727. The lowest BCUT2D eigenvalue weighted by molar-refractivity contribution is 0.0874. The van der Waals surface area contributed by atoms with Gasteiger partial charge in [0.25, 0.3) is 0 Å². The van der Waals surface area contributed by atoms with Gasteiger partial charge in [-0.25, -0.2) is 0 Å². The molecule has 0 aromatic heterocycles. The van der Waals surface area contributed by atoms with Crippen LogP contribution in [0.25, 0.3) is 0 Å². The standard InChI is InChI=1S/C19H25NO4/c1-13-5-3-4-6-18(13)24-12-17(22)11-20-14(2)19(23)15-7-9-16(21)10-8-15/h3-10,14,17,19-23H,11-12H2,1-2H3/t14-,17+,19+/m0/s1. The molecule has 0 saturated carbocycles. The number of para-hydroxylation sites is 1. The molecule has 0 fully saturated rings. The van der Waals surface area contributed by atoms with Crippen LogP contribution in [-0.4, -0.2) is 40.6 Å². The maximum Gasteiger partial charge on any atom is 0.122 e. The average molecular weight is 331 g/mol. The van der Waals surface area contributed by atoms with Gasteiger partial charge in [-0.05, 0) is 43.2 Å². The van der Waals surface area contributed by atoms with Crippen LogP contribution in [0.1, 0.15) is 24.2 Å². The lowest BCUT2D eigenvalue weighted by atomic mass is 10.0. The SMILES string of the molecule is Cc1ccccc1OC[C@H](O)CN[C@@H](C)[C@@H](O)c1ccc(O)cc1. The van der Waals surface area contributed by atoms with Crippen molar-refractivity contribution in [1.82, 2.24) is 5.32 Å². The lowest BCUT2D eigenvalue weighted by Crippen LogP contribution is -2.39. The molecule has 0 unspecified atom stereocenters. The van der Waals surface area contributed by atoms with Crippen molar-refractivity contribution in [2.45, 2.75) is 32.1 Å². The van der Waals surface area contributed by atoms with E-state index in [1.54, 1.807) is 12.1 Å². The number of aryl methyl sites for hydroxylation is 1. The molecule has 5 nitrogen and oxygen atoms in total. The second kappa shape index (κ2) is 8.68. The zero-order chi connectivity index (χ0) is 17.5. The maximum absolute atomic E-state index is 10.3. The Kier molecular flexibility index (Phi) is 6.61. The Balaban J connectivity index is 1.77. The number of aliphatic hydroxyl groups excluding tert-OH is 2. The van der Waals surface area contributed by atoms with Crippen LogP contribution in [0.3, 0.4) is 0 Å². The summed E-state index contributed by atoms with van der Waals surface area (Å²) in [5.41, 5.74) is 1.73. The van der Waals surface area contributed by atoms with Crippen LogP contribution in [0.5, 0.6) is 11.5 Å². The molecule has 4 N–H and O–H groups in total. The van der Waals surface area contributed by atoms with Crippen molar-refractivity contribution in [3.05, 3.63) is 59.7 Å². The molecule has 24 heavy (non-hydrogen) atoms. The molecule has 2 aromatic rings. The van der Waals surface area contributed by atoms with Crippen LogP contribution in [0.15, 0.2) is 48.5 Å². The summed E-state index contributed by atoms with van der Waals surface area (Å²) in [7, 11) is 0. The number of hydrogen-bond donors (Lipinski definition) is 4. The first kappa shape index (κ1) is 18.3. The minimum absolute atomic E-state index is 0.162. The third-order valence-corrected chi connectivity index (χ3v) is 3.91. The Morgan fingerprint density at radius 1 is 1.04 bits per heavy atom. The monoisotopic (exact) mass is 331 g/mol. The molecule has 0 amide bonds. The first-order valence-corrected chi connectivity index (χ1v) is 8.04. The fraction of sp³-hybridized carbons (Fsp3) is 0.368. The molecule has 0 aliphatic rings. The minimum Gasteiger partial charge on any atom is -0.508 e. The third kappa shape index (κ3) is 5.23. The van der Waals surface area contributed by atoms with Crippen molar-refractivity contribution in [1.29, 1.82) is 0 Å². The van der Waals surface area contributed by atoms with E-state index in [2.05, 4.69) is 5.32 Å². The Hall–Kier alpha value is -2.08. The highest BCUT2D eigenvalue weighted by Gasteiger charge is 2.17. The fourth-order valence-corrected chi connectivity index (χ4v) is 2.36. The molecule has 0 aliphatic carbocycles. The molecular formula is C19H25NO4. The summed E-state index contributed by atoms with van der Waals surface area (Å²) in [4.78, 5) is 0. The van der Waals surface area contributed by atoms with Crippen molar-refractivity contribution in [2.75, 3.05) is 13.2 Å². The van der Waals surface area contributed by atoms with E-state index in [9.17, 15) is 15.3 Å². The molecule has 0 radical (unpaired) electrons. The van der Waals surface area contributed by atoms with Crippen LogP contribution in [0.2, 0.25) is 0 Å². The highest BCUT2D eigenvalue weighted by molar-refractivity contribution is 5.31. The lowest BCUT2D eigenvalue weighted by Gasteiger charge is -2.22. The van der Waals surface area contributed by atoms with E-state index in [1.165, 1.54) is 12.1 Å². The number of rotatable bonds is 8. The van der Waals surface area contributed by atoms with Crippen molar-refractivity contribution >= 4 is 0 Å². The first-order valence-electron chi connectivity index (χ1n) is 8.04. The van der Waals surface area contributed by atoms with Gasteiger partial charge in [0.2, 0.25) is 0 Å². The van der Waals surface area contributed by atoms with Crippen molar-refractivity contribution in [3.8, 4) is 11.5 Å². The smallest absolute Gasteiger partial charge is 0.122 e. The number of nitrogens with one attached hydrogen (secondary N) is 1. The van der Waals surface area contributed by atoms with Crippen LogP contribution >= 0.6 is 0 Å². The number of aliphatic hydroxyl groups is 2. The van der Waals surface area contributed by atoms with E-state index in [1.807, 2.05) is 38.1 Å². The number of phenolic OH excluding ortho intramolecular Hbond substituents is 1. The normalized spacial score (nSPS) is 14.8. The number of phenols is 1. The van der Waals surface area contributed by atoms with Crippen LogP contribution in [-0.2, 0) is 0 Å². The molecule has 0 aliphatic heterocycles. The molecule has 2 aromatic carbocycles. The summed E-state index contributed by atoms with van der Waals surface area (Å²) in [5.74, 6) is 0.920. The molecule has 130 valence electrons. The third-order valence-electron chi connectivity index (χ3n) is 3.91. The Bertz CT molecular complexity index is 630. The van der Waals surface area contributed by atoms with Gasteiger partial charge < -0.3 is 25.4 Å². The van der Waals surface area contributed by atoms with E-state index in [0.717, 1.165) is 11.3 Å². The van der Waals surface area contributed by atoms with Gasteiger partial charge in [0, 0.05) is 12.6 Å². The van der Waals surface area contributed by atoms with Gasteiger partial charge in [-0.2, -0.15) is 0 Å². The van der Waals surface area contributed by atoms with Gasteiger partial charge in [0.1, 0.15) is 24.2 Å². The van der Waals surface area contributed by atoms with E-state index in [4.69, 9.17) is 4.74 Å². The van der Waals surface area contributed by atoms with Crippen LogP contribution in [0, 0.1) is 6.92 Å². The molecule has 0 heterocycles. The quantitative estimate of drug-likeness (QED) is 0.596. The predicted molar refractivity (Wildman–Crippen MR) is 93.2 cm³/mol. The van der Waals surface area contributed by atoms with E-state index in [0.29, 0.717) is 12.1 Å². The molecule has 0 saturated heterocycles. The van der Waals surface area contributed by atoms with E-state index < -0.39 is 12.2 Å². The Labute approximate surface area is 142 Å². The molecule has 0 bridgehead atoms. The molecule has 3 atom stereocenters. The van der Waals surface area contributed by atoms with Crippen LogP contribution < -0.4 is 10.1 Å². The van der Waals surface area contributed by atoms with Crippen molar-refractivity contribution in [3.63, 3.8) is 0 Å². The summed E-state index contributed by atoms with van der Waals surface area (Å²) in [6.07, 6.45) is -1.41. The molecule has 5 heteroatoms. The largest absolute Gasteiger partial charge is 0.508 e. The van der Waals surface area contributed by atoms with E-state index in [-0.39, 0.29) is 18.4 Å². The summed E-state index contributed by atoms with van der Waals surface area (Å²) >= 11 is 0. The van der Waals surface area contributed by atoms with Gasteiger partial charge in [-0.15, -0.1) is 0 Å². The Morgan fingerprint density at radius 2 is 1.71 bits per heavy atom. The second-order valence-corrected chi connectivity index (χ2v) is 5.96.